The van der Waals surface area contributed by atoms with Crippen LogP contribution in [0.1, 0.15) is 51.3 Å². The zero-order valence-corrected chi connectivity index (χ0v) is 25.9. The van der Waals surface area contributed by atoms with E-state index in [-0.39, 0.29) is 49.2 Å². The van der Waals surface area contributed by atoms with Gasteiger partial charge in [0, 0.05) is 32.6 Å². The molecule has 3 atom stereocenters. The van der Waals surface area contributed by atoms with E-state index in [1.807, 2.05) is 62.4 Å². The average Bonchev–Trinajstić information content (AvgIpc) is 3.50. The van der Waals surface area contributed by atoms with Crippen LogP contribution in [0.5, 0.6) is 0 Å². The van der Waals surface area contributed by atoms with E-state index >= 15 is 0 Å². The summed E-state index contributed by atoms with van der Waals surface area (Å²) in [4.78, 5) is 60.0. The first-order valence-electron chi connectivity index (χ1n) is 14.7. The number of amides is 3. The minimum absolute atomic E-state index is 0.00249. The Labute approximate surface area is 255 Å². The lowest BCUT2D eigenvalue weighted by atomic mass is 9.58. The molecule has 1 aromatic carbocycles. The topological polar surface area (TPSA) is 152 Å². The molecule has 12 heteroatoms. The first-order chi connectivity index (χ1) is 20.2. The van der Waals surface area contributed by atoms with Crippen molar-refractivity contribution < 1.29 is 29.4 Å². The van der Waals surface area contributed by atoms with Gasteiger partial charge in [0.1, 0.15) is 12.1 Å². The Morgan fingerprint density at radius 1 is 1.14 bits per heavy atom. The lowest BCUT2D eigenvalue weighted by Crippen LogP contribution is -2.65. The summed E-state index contributed by atoms with van der Waals surface area (Å²) >= 11 is 1.58. The van der Waals surface area contributed by atoms with Crippen molar-refractivity contribution in [1.29, 1.82) is 0 Å². The number of β-amino-alcohol motifs (C(OH)–C–C–N with tert-alkyl or cyclic N) is 1. The second-order valence-electron chi connectivity index (χ2n) is 13.5. The second-order valence-corrected chi connectivity index (χ2v) is 14.4. The Hall–Kier alpha value is -3.35. The minimum atomic E-state index is -0.890. The van der Waals surface area contributed by atoms with Gasteiger partial charge >= 0.3 is 5.97 Å². The highest BCUT2D eigenvalue weighted by Crippen LogP contribution is 2.51. The van der Waals surface area contributed by atoms with Crippen molar-refractivity contribution >= 4 is 35.0 Å². The lowest BCUT2D eigenvalue weighted by molar-refractivity contribution is -0.162. The van der Waals surface area contributed by atoms with Crippen molar-refractivity contribution in [3.05, 3.63) is 41.0 Å². The van der Waals surface area contributed by atoms with Crippen LogP contribution < -0.4 is 10.6 Å². The second kappa shape index (κ2) is 12.0. The number of likely N-dealkylation sites (tertiary alicyclic amines) is 2. The van der Waals surface area contributed by atoms with Gasteiger partial charge in [-0.05, 0) is 41.7 Å². The van der Waals surface area contributed by atoms with Crippen LogP contribution in [0, 0.1) is 23.7 Å². The number of nitrogens with one attached hydrogen (secondary N) is 2. The Morgan fingerprint density at radius 3 is 2.40 bits per heavy atom. The van der Waals surface area contributed by atoms with Crippen molar-refractivity contribution in [2.45, 2.75) is 71.7 Å². The fourth-order valence-corrected chi connectivity index (χ4v) is 7.43. The van der Waals surface area contributed by atoms with Gasteiger partial charge in [-0.3, -0.25) is 24.1 Å². The number of nitrogens with zero attached hydrogens (tertiary/aromatic N) is 3. The number of thiazole rings is 1. The van der Waals surface area contributed by atoms with E-state index in [1.54, 1.807) is 11.3 Å². The number of carboxylic acids is 1. The number of aliphatic hydroxyl groups is 1. The maximum atomic E-state index is 13.8. The molecule has 2 saturated heterocycles. The number of aliphatic hydroxyl groups excluding tert-OH is 1. The van der Waals surface area contributed by atoms with Crippen LogP contribution >= 0.6 is 11.3 Å². The van der Waals surface area contributed by atoms with E-state index in [4.69, 9.17) is 5.11 Å². The van der Waals surface area contributed by atoms with E-state index in [2.05, 4.69) is 15.6 Å². The third-order valence-corrected chi connectivity index (χ3v) is 9.88. The Balaban J connectivity index is 1.16. The first-order valence-corrected chi connectivity index (χ1v) is 15.6. The molecule has 0 radical (unpaired) electrons. The van der Waals surface area contributed by atoms with Crippen molar-refractivity contribution in [3.8, 4) is 10.4 Å². The van der Waals surface area contributed by atoms with Crippen molar-refractivity contribution in [1.82, 2.24) is 25.4 Å². The summed E-state index contributed by atoms with van der Waals surface area (Å²) in [6, 6.07) is 6.14. The van der Waals surface area contributed by atoms with Gasteiger partial charge in [-0.1, -0.05) is 45.0 Å². The quantitative estimate of drug-likeness (QED) is 0.336. The molecule has 43 heavy (non-hydrogen) atoms. The molecule has 3 heterocycles. The maximum absolute atomic E-state index is 13.8. The van der Waals surface area contributed by atoms with Crippen molar-refractivity contribution in [2.75, 3.05) is 26.2 Å². The summed E-state index contributed by atoms with van der Waals surface area (Å²) in [6.45, 7) is 9.29. The molecule has 2 aliphatic heterocycles. The molecule has 1 aromatic heterocycles. The molecule has 5 rings (SSSR count). The minimum Gasteiger partial charge on any atom is -0.481 e. The number of rotatable bonds is 9. The van der Waals surface area contributed by atoms with Gasteiger partial charge in [-0.15, -0.1) is 11.3 Å². The van der Waals surface area contributed by atoms with Crippen molar-refractivity contribution in [2.24, 2.45) is 16.7 Å². The van der Waals surface area contributed by atoms with Crippen LogP contribution in [0.15, 0.2) is 29.8 Å². The lowest BCUT2D eigenvalue weighted by Gasteiger charge is -2.58. The number of aromatic nitrogens is 1. The number of carbonyl (C=O) groups is 4. The summed E-state index contributed by atoms with van der Waals surface area (Å²) in [7, 11) is 0. The summed E-state index contributed by atoms with van der Waals surface area (Å²) in [6.07, 6.45) is 0.566. The van der Waals surface area contributed by atoms with E-state index in [0.29, 0.717) is 25.9 Å². The molecule has 11 nitrogen and oxygen atoms in total. The fourth-order valence-electron chi connectivity index (χ4n) is 6.62. The van der Waals surface area contributed by atoms with Gasteiger partial charge in [-0.25, -0.2) is 4.98 Å². The van der Waals surface area contributed by atoms with Crippen LogP contribution in [-0.4, -0.2) is 93.1 Å². The number of carboxylic acid groups (broad SMARTS) is 1. The molecule has 0 unspecified atom stereocenters. The Kier molecular flexibility index (Phi) is 8.65. The van der Waals surface area contributed by atoms with Crippen molar-refractivity contribution in [3.63, 3.8) is 0 Å². The van der Waals surface area contributed by atoms with Crippen LogP contribution in [0.4, 0.5) is 0 Å². The molecule has 1 spiro atoms. The number of hydrogen-bond acceptors (Lipinski definition) is 8. The number of benzene rings is 1. The molecule has 232 valence electrons. The highest BCUT2D eigenvalue weighted by molar-refractivity contribution is 7.13. The van der Waals surface area contributed by atoms with E-state index in [9.17, 15) is 24.3 Å². The average molecular weight is 612 g/mol. The summed E-state index contributed by atoms with van der Waals surface area (Å²) in [5.41, 5.74) is 4.11. The third kappa shape index (κ3) is 6.76. The molecule has 3 amide bonds. The zero-order valence-electron chi connectivity index (χ0n) is 25.1. The molecule has 3 aliphatic rings. The van der Waals surface area contributed by atoms with Crippen LogP contribution in [0.25, 0.3) is 10.4 Å². The molecule has 4 N–H and O–H groups in total. The summed E-state index contributed by atoms with van der Waals surface area (Å²) in [5.74, 6) is -2.10. The van der Waals surface area contributed by atoms with Gasteiger partial charge in [0.25, 0.3) is 0 Å². The first kappa shape index (κ1) is 31.1. The maximum Gasteiger partial charge on any atom is 0.306 e. The van der Waals surface area contributed by atoms with Gasteiger partial charge in [-0.2, -0.15) is 0 Å². The predicted octanol–water partition coefficient (Wildman–Crippen LogP) is 2.02. The normalized spacial score (nSPS) is 22.5. The molecule has 0 bridgehead atoms. The molecule has 3 fully saturated rings. The molecular formula is C31H41N5O6S. The third-order valence-electron chi connectivity index (χ3n) is 8.90. The highest BCUT2D eigenvalue weighted by atomic mass is 32.1. The van der Waals surface area contributed by atoms with Gasteiger partial charge in [0.2, 0.25) is 17.7 Å². The van der Waals surface area contributed by atoms with Crippen LogP contribution in [0.3, 0.4) is 0 Å². The number of aliphatic carboxylic acids is 1. The predicted molar refractivity (Wildman–Crippen MR) is 161 cm³/mol. The summed E-state index contributed by atoms with van der Waals surface area (Å²) < 4.78 is 0. The van der Waals surface area contributed by atoms with Gasteiger partial charge in [0.05, 0.1) is 34.6 Å². The van der Waals surface area contributed by atoms with Gasteiger partial charge < -0.3 is 25.7 Å². The van der Waals surface area contributed by atoms with Crippen LogP contribution in [-0.2, 0) is 25.7 Å². The smallest absolute Gasteiger partial charge is 0.306 e. The largest absolute Gasteiger partial charge is 0.481 e. The molecular weight excluding hydrogens is 570 g/mol. The number of aryl methyl sites for hydroxylation is 1. The summed E-state index contributed by atoms with van der Waals surface area (Å²) in [5, 5.41) is 25.4. The standard InChI is InChI=1S/C31H41N5O6S/c1-18-25(43-17-33-18)20-7-5-19(6-8-20)12-32-27(39)23-9-22(37)13-36(23)28(40)26(30(2,3)4)34-24(38)14-35-15-31(16-35)10-21(11-31)29(41)42/h5-8,17,21-23,26,37H,9-16H2,1-4H3,(H,32,39)(H,34,38)(H,41,42)/t22-,23+,26-/m1/s1. The van der Waals surface area contributed by atoms with Gasteiger partial charge in [0.15, 0.2) is 0 Å². The molecule has 1 aliphatic carbocycles. The molecule has 1 saturated carbocycles. The highest BCUT2D eigenvalue weighted by Gasteiger charge is 2.54. The van der Waals surface area contributed by atoms with E-state index < -0.39 is 35.5 Å². The van der Waals surface area contributed by atoms with E-state index in [1.165, 1.54) is 4.90 Å². The SMILES string of the molecule is Cc1ncsc1-c1ccc(CNC(=O)[C@@H]2C[C@@H](O)CN2C(=O)[C@@H](NC(=O)CN2CC3(CC(C(=O)O)C3)C2)C(C)(C)C)cc1. The van der Waals surface area contributed by atoms with E-state index in [0.717, 1.165) is 21.7 Å². The van der Waals surface area contributed by atoms with Crippen LogP contribution in [0.2, 0.25) is 0 Å². The number of carbonyl (C=O) groups excluding carboxylic acids is 3. The Morgan fingerprint density at radius 2 is 1.81 bits per heavy atom. The number of hydrogen-bond donors (Lipinski definition) is 4. The zero-order chi connectivity index (χ0) is 31.1. The Bertz CT molecular complexity index is 1370. The monoisotopic (exact) mass is 611 g/mol. The molecule has 2 aromatic rings. The fraction of sp³-hybridized carbons (Fsp3) is 0.581.